The summed E-state index contributed by atoms with van der Waals surface area (Å²) in [5.74, 6) is 3.09. The molecule has 0 heterocycles. The average molecular weight is 193 g/mol. The minimum absolute atomic E-state index is 0.675. The molecule has 3 atom stereocenters. The Balaban J connectivity index is 1.57. The third kappa shape index (κ3) is 1.32. The number of fused-ring (bicyclic) bond motifs is 2. The third-order valence-electron chi connectivity index (χ3n) is 5.25. The topological polar surface area (TPSA) is 12.0 Å². The van der Waals surface area contributed by atoms with Gasteiger partial charge >= 0.3 is 0 Å². The molecule has 0 radical (unpaired) electrons. The Hall–Kier alpha value is -0.0400. The van der Waals surface area contributed by atoms with Crippen LogP contribution in [-0.2, 0) is 0 Å². The first-order chi connectivity index (χ1) is 6.68. The van der Waals surface area contributed by atoms with Gasteiger partial charge in [0.05, 0.1) is 0 Å². The highest BCUT2D eigenvalue weighted by atomic mass is 15.0. The zero-order chi connectivity index (χ0) is 9.76. The highest BCUT2D eigenvalue weighted by molar-refractivity contribution is 5.03. The molecule has 2 bridgehead atoms. The summed E-state index contributed by atoms with van der Waals surface area (Å²) < 4.78 is 0. The Bertz CT molecular complexity index is 227. The predicted molar refractivity (Wildman–Crippen MR) is 59.1 cm³/mol. The van der Waals surface area contributed by atoms with Crippen LogP contribution in [0.5, 0.6) is 0 Å². The summed E-state index contributed by atoms with van der Waals surface area (Å²) >= 11 is 0. The maximum absolute atomic E-state index is 3.72. The van der Waals surface area contributed by atoms with Crippen LogP contribution in [0.3, 0.4) is 0 Å². The molecule has 0 amide bonds. The molecule has 0 spiro atoms. The van der Waals surface area contributed by atoms with E-state index in [0.29, 0.717) is 5.41 Å². The average Bonchev–Trinajstić information content (AvgIpc) is 2.98. The fourth-order valence-corrected chi connectivity index (χ4v) is 3.81. The SMILES string of the molecule is CC1(C)C2CCC(CNC3CC3)C1C2. The van der Waals surface area contributed by atoms with E-state index in [9.17, 15) is 0 Å². The Morgan fingerprint density at radius 3 is 2.50 bits per heavy atom. The third-order valence-corrected chi connectivity index (χ3v) is 5.25. The maximum atomic E-state index is 3.72. The first-order valence-corrected chi connectivity index (χ1v) is 6.41. The largest absolute Gasteiger partial charge is 0.314 e. The molecule has 0 aromatic carbocycles. The summed E-state index contributed by atoms with van der Waals surface area (Å²) in [6.07, 6.45) is 7.40. The molecule has 4 aliphatic carbocycles. The lowest BCUT2D eigenvalue weighted by Gasteiger charge is -2.60. The molecule has 4 fully saturated rings. The predicted octanol–water partition coefficient (Wildman–Crippen LogP) is 2.81. The summed E-state index contributed by atoms with van der Waals surface area (Å²) in [5.41, 5.74) is 0.675. The van der Waals surface area contributed by atoms with E-state index in [1.807, 2.05) is 0 Å². The molecule has 4 aliphatic rings. The Labute approximate surface area is 87.7 Å². The van der Waals surface area contributed by atoms with Gasteiger partial charge in [0, 0.05) is 6.04 Å². The van der Waals surface area contributed by atoms with Crippen molar-refractivity contribution >= 4 is 0 Å². The maximum Gasteiger partial charge on any atom is 0.00683 e. The lowest BCUT2D eigenvalue weighted by Crippen LogP contribution is -2.54. The number of rotatable bonds is 3. The van der Waals surface area contributed by atoms with E-state index in [-0.39, 0.29) is 0 Å². The summed E-state index contributed by atoms with van der Waals surface area (Å²) in [4.78, 5) is 0. The molecule has 1 N–H and O–H groups in total. The van der Waals surface area contributed by atoms with Crippen LogP contribution in [0.15, 0.2) is 0 Å². The van der Waals surface area contributed by atoms with E-state index in [0.717, 1.165) is 23.8 Å². The fourth-order valence-electron chi connectivity index (χ4n) is 3.81. The van der Waals surface area contributed by atoms with Crippen molar-refractivity contribution in [3.63, 3.8) is 0 Å². The van der Waals surface area contributed by atoms with Crippen LogP contribution in [-0.4, -0.2) is 12.6 Å². The second-order valence-electron chi connectivity index (χ2n) is 6.38. The summed E-state index contributed by atoms with van der Waals surface area (Å²) in [6.45, 7) is 6.30. The van der Waals surface area contributed by atoms with Crippen molar-refractivity contribution in [1.29, 1.82) is 0 Å². The molecule has 4 saturated carbocycles. The monoisotopic (exact) mass is 193 g/mol. The first kappa shape index (κ1) is 9.21. The molecule has 0 aromatic rings. The molecular weight excluding hydrogens is 170 g/mol. The molecule has 1 nitrogen and oxygen atoms in total. The van der Waals surface area contributed by atoms with Gasteiger partial charge in [-0.05, 0) is 61.8 Å². The number of hydrogen-bond acceptors (Lipinski definition) is 1. The lowest BCUT2D eigenvalue weighted by molar-refractivity contribution is -0.103. The zero-order valence-electron chi connectivity index (χ0n) is 9.55. The molecule has 4 rings (SSSR count). The van der Waals surface area contributed by atoms with Crippen molar-refractivity contribution in [2.75, 3.05) is 6.54 Å². The Morgan fingerprint density at radius 1 is 1.14 bits per heavy atom. The van der Waals surface area contributed by atoms with Gasteiger partial charge in [-0.25, -0.2) is 0 Å². The Morgan fingerprint density at radius 2 is 1.93 bits per heavy atom. The Kier molecular flexibility index (Phi) is 1.96. The number of hydrogen-bond donors (Lipinski definition) is 1. The molecule has 1 heteroatoms. The lowest BCUT2D eigenvalue weighted by atomic mass is 9.45. The molecule has 80 valence electrons. The normalized spacial score (nSPS) is 44.6. The minimum atomic E-state index is 0.675. The van der Waals surface area contributed by atoms with Crippen LogP contribution in [0.2, 0.25) is 0 Å². The molecule has 3 unspecified atom stereocenters. The molecular formula is C13H23N. The fraction of sp³-hybridized carbons (Fsp3) is 1.00. The van der Waals surface area contributed by atoms with Crippen LogP contribution in [0.25, 0.3) is 0 Å². The second-order valence-corrected chi connectivity index (χ2v) is 6.38. The first-order valence-electron chi connectivity index (χ1n) is 6.41. The zero-order valence-corrected chi connectivity index (χ0v) is 9.55. The van der Waals surface area contributed by atoms with Gasteiger partial charge in [0.2, 0.25) is 0 Å². The van der Waals surface area contributed by atoms with Gasteiger partial charge in [0.25, 0.3) is 0 Å². The molecule has 14 heavy (non-hydrogen) atoms. The van der Waals surface area contributed by atoms with Gasteiger partial charge in [-0.1, -0.05) is 13.8 Å². The van der Waals surface area contributed by atoms with E-state index in [4.69, 9.17) is 0 Å². The van der Waals surface area contributed by atoms with E-state index >= 15 is 0 Å². The molecule has 0 aromatic heterocycles. The minimum Gasteiger partial charge on any atom is -0.314 e. The van der Waals surface area contributed by atoms with Crippen LogP contribution in [0, 0.1) is 23.2 Å². The molecule has 0 aliphatic heterocycles. The quantitative estimate of drug-likeness (QED) is 0.727. The van der Waals surface area contributed by atoms with E-state index in [2.05, 4.69) is 19.2 Å². The van der Waals surface area contributed by atoms with Crippen molar-refractivity contribution in [1.82, 2.24) is 5.32 Å². The van der Waals surface area contributed by atoms with Crippen LogP contribution < -0.4 is 5.32 Å². The van der Waals surface area contributed by atoms with Crippen LogP contribution >= 0.6 is 0 Å². The highest BCUT2D eigenvalue weighted by Gasteiger charge is 2.53. The standard InChI is InChI=1S/C13H23N/c1-13(2)10-4-3-9(12(13)7-10)8-14-11-5-6-11/h9-12,14H,3-8H2,1-2H3. The van der Waals surface area contributed by atoms with Gasteiger partial charge in [-0.15, -0.1) is 0 Å². The second kappa shape index (κ2) is 2.98. The van der Waals surface area contributed by atoms with E-state index in [1.165, 1.54) is 38.6 Å². The summed E-state index contributed by atoms with van der Waals surface area (Å²) in [6, 6.07) is 0.899. The van der Waals surface area contributed by atoms with Crippen molar-refractivity contribution in [2.24, 2.45) is 23.2 Å². The van der Waals surface area contributed by atoms with Gasteiger partial charge < -0.3 is 5.32 Å². The van der Waals surface area contributed by atoms with Gasteiger partial charge in [-0.2, -0.15) is 0 Å². The van der Waals surface area contributed by atoms with Crippen molar-refractivity contribution in [3.8, 4) is 0 Å². The van der Waals surface area contributed by atoms with Gasteiger partial charge in [-0.3, -0.25) is 0 Å². The smallest absolute Gasteiger partial charge is 0.00683 e. The summed E-state index contributed by atoms with van der Waals surface area (Å²) in [7, 11) is 0. The van der Waals surface area contributed by atoms with Gasteiger partial charge in [0.1, 0.15) is 0 Å². The van der Waals surface area contributed by atoms with Crippen LogP contribution in [0.1, 0.15) is 46.0 Å². The van der Waals surface area contributed by atoms with Crippen molar-refractivity contribution in [2.45, 2.75) is 52.0 Å². The van der Waals surface area contributed by atoms with Gasteiger partial charge in [0.15, 0.2) is 0 Å². The highest BCUT2D eigenvalue weighted by Crippen LogP contribution is 2.61. The van der Waals surface area contributed by atoms with E-state index in [1.54, 1.807) is 0 Å². The molecule has 0 saturated heterocycles. The van der Waals surface area contributed by atoms with E-state index < -0.39 is 0 Å². The van der Waals surface area contributed by atoms with Crippen molar-refractivity contribution < 1.29 is 0 Å². The number of nitrogens with one attached hydrogen (secondary N) is 1. The summed E-state index contributed by atoms with van der Waals surface area (Å²) in [5, 5.41) is 3.72. The van der Waals surface area contributed by atoms with Crippen molar-refractivity contribution in [3.05, 3.63) is 0 Å². The van der Waals surface area contributed by atoms with Crippen LogP contribution in [0.4, 0.5) is 0 Å².